The molecule has 34 heavy (non-hydrogen) atoms. The smallest absolute Gasteiger partial charge is 0.230 e. The number of carbonyl (C=O) groups is 2. The van der Waals surface area contributed by atoms with Crippen LogP contribution < -0.4 is 4.90 Å². The molecule has 2 aliphatic rings. The maximum atomic E-state index is 13.2. The summed E-state index contributed by atoms with van der Waals surface area (Å²) >= 11 is 0. The number of aromatic nitrogens is 2. The first kappa shape index (κ1) is 22.3. The Morgan fingerprint density at radius 3 is 2.44 bits per heavy atom. The summed E-state index contributed by atoms with van der Waals surface area (Å²) in [6, 6.07) is 14.1. The Bertz CT molecular complexity index is 1210. The summed E-state index contributed by atoms with van der Waals surface area (Å²) in [6.45, 7) is 7.87. The normalized spacial score (nSPS) is 19.1. The average Bonchev–Trinajstić information content (AvgIpc) is 3.48. The van der Waals surface area contributed by atoms with E-state index in [0.717, 1.165) is 29.7 Å². The fourth-order valence-corrected chi connectivity index (χ4v) is 4.84. The molecule has 2 amide bonds. The van der Waals surface area contributed by atoms with Gasteiger partial charge in [0.1, 0.15) is 0 Å². The molecule has 7 heteroatoms. The van der Waals surface area contributed by atoms with Gasteiger partial charge in [0.2, 0.25) is 23.5 Å². The Hall–Kier alpha value is -3.48. The van der Waals surface area contributed by atoms with Gasteiger partial charge in [-0.1, -0.05) is 41.1 Å². The van der Waals surface area contributed by atoms with Crippen LogP contribution in [0.15, 0.2) is 47.0 Å². The molecule has 0 radical (unpaired) electrons. The van der Waals surface area contributed by atoms with Crippen LogP contribution in [-0.4, -0.2) is 46.5 Å². The lowest BCUT2D eigenvalue weighted by Crippen LogP contribution is -2.42. The van der Waals surface area contributed by atoms with Crippen LogP contribution in [0.5, 0.6) is 0 Å². The first-order valence-electron chi connectivity index (χ1n) is 12.0. The minimum absolute atomic E-state index is 0.0194. The predicted molar refractivity (Wildman–Crippen MR) is 129 cm³/mol. The highest BCUT2D eigenvalue weighted by Gasteiger charge is 2.38. The molecule has 0 saturated carbocycles. The van der Waals surface area contributed by atoms with Gasteiger partial charge < -0.3 is 14.3 Å². The highest BCUT2D eigenvalue weighted by molar-refractivity contribution is 6.00. The molecule has 3 heterocycles. The number of rotatable bonds is 4. The van der Waals surface area contributed by atoms with Gasteiger partial charge in [0.05, 0.1) is 5.92 Å². The third-order valence-electron chi connectivity index (χ3n) is 7.18. The van der Waals surface area contributed by atoms with Crippen molar-refractivity contribution in [2.24, 2.45) is 5.92 Å². The molecule has 2 aromatic carbocycles. The van der Waals surface area contributed by atoms with Crippen molar-refractivity contribution in [2.45, 2.75) is 46.0 Å². The van der Waals surface area contributed by atoms with Crippen molar-refractivity contribution >= 4 is 17.5 Å². The second kappa shape index (κ2) is 9.05. The van der Waals surface area contributed by atoms with Crippen LogP contribution in [0.25, 0.3) is 11.4 Å². The van der Waals surface area contributed by atoms with Crippen LogP contribution in [0.3, 0.4) is 0 Å². The van der Waals surface area contributed by atoms with E-state index in [1.54, 1.807) is 4.90 Å². The molecule has 1 atom stereocenters. The van der Waals surface area contributed by atoms with E-state index in [1.165, 1.54) is 11.1 Å². The minimum atomic E-state index is -0.290. The number of benzene rings is 2. The number of aryl methyl sites for hydroxylation is 3. The molecular weight excluding hydrogens is 428 g/mol. The summed E-state index contributed by atoms with van der Waals surface area (Å²) in [5.41, 5.74) is 5.34. The van der Waals surface area contributed by atoms with Gasteiger partial charge in [-0.05, 0) is 56.9 Å². The Morgan fingerprint density at radius 2 is 1.74 bits per heavy atom. The summed E-state index contributed by atoms with van der Waals surface area (Å²) in [7, 11) is 0. The van der Waals surface area contributed by atoms with Gasteiger partial charge in [0.15, 0.2) is 0 Å². The Labute approximate surface area is 199 Å². The summed E-state index contributed by atoms with van der Waals surface area (Å²) in [4.78, 5) is 34.1. The van der Waals surface area contributed by atoms with Gasteiger partial charge in [-0.2, -0.15) is 4.98 Å². The van der Waals surface area contributed by atoms with E-state index in [9.17, 15) is 9.59 Å². The molecule has 2 aliphatic heterocycles. The Kier molecular flexibility index (Phi) is 5.94. The van der Waals surface area contributed by atoms with Crippen LogP contribution in [0.2, 0.25) is 0 Å². The van der Waals surface area contributed by atoms with E-state index in [0.29, 0.717) is 31.3 Å². The van der Waals surface area contributed by atoms with Crippen molar-refractivity contribution in [3.63, 3.8) is 0 Å². The van der Waals surface area contributed by atoms with Crippen molar-refractivity contribution < 1.29 is 14.1 Å². The summed E-state index contributed by atoms with van der Waals surface area (Å²) in [5, 5.41) is 4.16. The molecule has 1 unspecified atom stereocenters. The van der Waals surface area contributed by atoms with Crippen LogP contribution >= 0.6 is 0 Å². The second-order valence-corrected chi connectivity index (χ2v) is 9.60. The third-order valence-corrected chi connectivity index (χ3v) is 7.18. The average molecular weight is 459 g/mol. The van der Waals surface area contributed by atoms with Crippen molar-refractivity contribution in [3.8, 4) is 11.4 Å². The maximum absolute atomic E-state index is 13.2. The molecule has 2 fully saturated rings. The number of hydrogen-bond donors (Lipinski definition) is 0. The number of piperidine rings is 1. The molecule has 2 saturated heterocycles. The fraction of sp³-hybridized carbons (Fsp3) is 0.407. The molecule has 7 nitrogen and oxygen atoms in total. The zero-order chi connectivity index (χ0) is 23.8. The number of amides is 2. The monoisotopic (exact) mass is 458 g/mol. The van der Waals surface area contributed by atoms with E-state index in [-0.39, 0.29) is 30.1 Å². The zero-order valence-electron chi connectivity index (χ0n) is 20.0. The lowest BCUT2D eigenvalue weighted by Gasteiger charge is -2.32. The molecular formula is C27H30N4O3. The molecule has 0 spiro atoms. The SMILES string of the molecule is Cc1ccc(-c2noc(C3CCN(C(=O)C4CC(=O)N(c5ccc(C)c(C)c5)C4)CC3)n2)cc1. The van der Waals surface area contributed by atoms with Gasteiger partial charge in [-0.3, -0.25) is 9.59 Å². The second-order valence-electron chi connectivity index (χ2n) is 9.60. The van der Waals surface area contributed by atoms with E-state index in [4.69, 9.17) is 4.52 Å². The van der Waals surface area contributed by atoms with Gasteiger partial charge in [-0.25, -0.2) is 0 Å². The van der Waals surface area contributed by atoms with E-state index in [2.05, 4.69) is 17.1 Å². The third kappa shape index (κ3) is 4.34. The van der Waals surface area contributed by atoms with Gasteiger partial charge in [0.25, 0.3) is 0 Å². The van der Waals surface area contributed by atoms with Gasteiger partial charge >= 0.3 is 0 Å². The fourth-order valence-electron chi connectivity index (χ4n) is 4.84. The van der Waals surface area contributed by atoms with Crippen molar-refractivity contribution in [1.29, 1.82) is 0 Å². The standard InChI is InChI=1S/C27H30N4O3/c1-17-4-7-20(8-5-17)25-28-26(34-29-25)21-10-12-30(13-11-21)27(33)22-15-24(32)31(16-22)23-9-6-18(2)19(3)14-23/h4-9,14,21-22H,10-13,15-16H2,1-3H3. The number of anilines is 1. The molecule has 1 aromatic heterocycles. The van der Waals surface area contributed by atoms with Crippen molar-refractivity contribution in [3.05, 3.63) is 65.0 Å². The van der Waals surface area contributed by atoms with Crippen molar-refractivity contribution in [1.82, 2.24) is 15.0 Å². The van der Waals surface area contributed by atoms with E-state index < -0.39 is 0 Å². The molecule has 5 rings (SSSR count). The number of hydrogen-bond acceptors (Lipinski definition) is 5. The lowest BCUT2D eigenvalue weighted by molar-refractivity contribution is -0.136. The van der Waals surface area contributed by atoms with Crippen LogP contribution in [0.4, 0.5) is 5.69 Å². The van der Waals surface area contributed by atoms with Crippen LogP contribution in [0, 0.1) is 26.7 Å². The molecule has 176 valence electrons. The Morgan fingerprint density at radius 1 is 1.00 bits per heavy atom. The van der Waals surface area contributed by atoms with E-state index >= 15 is 0 Å². The Balaban J connectivity index is 1.19. The topological polar surface area (TPSA) is 79.5 Å². The van der Waals surface area contributed by atoms with E-state index in [1.807, 2.05) is 61.2 Å². The highest BCUT2D eigenvalue weighted by Crippen LogP contribution is 2.32. The number of nitrogens with zero attached hydrogens (tertiary/aromatic N) is 4. The summed E-state index contributed by atoms with van der Waals surface area (Å²) in [5.74, 6) is 1.19. The molecule has 3 aromatic rings. The zero-order valence-corrected chi connectivity index (χ0v) is 20.0. The first-order chi connectivity index (χ1) is 16.4. The first-order valence-corrected chi connectivity index (χ1v) is 12.0. The molecule has 0 bridgehead atoms. The minimum Gasteiger partial charge on any atom is -0.342 e. The molecule has 0 N–H and O–H groups in total. The molecule has 0 aliphatic carbocycles. The van der Waals surface area contributed by atoms with Gasteiger partial charge in [0, 0.05) is 43.2 Å². The summed E-state index contributed by atoms with van der Waals surface area (Å²) in [6.07, 6.45) is 1.83. The van der Waals surface area contributed by atoms with Crippen LogP contribution in [0.1, 0.15) is 47.8 Å². The van der Waals surface area contributed by atoms with Crippen molar-refractivity contribution in [2.75, 3.05) is 24.5 Å². The highest BCUT2D eigenvalue weighted by atomic mass is 16.5. The largest absolute Gasteiger partial charge is 0.342 e. The lowest BCUT2D eigenvalue weighted by atomic mass is 9.95. The number of carbonyl (C=O) groups excluding carboxylic acids is 2. The van der Waals surface area contributed by atoms with Gasteiger partial charge in [-0.15, -0.1) is 0 Å². The quantitative estimate of drug-likeness (QED) is 0.578. The van der Waals surface area contributed by atoms with Crippen LogP contribution in [-0.2, 0) is 9.59 Å². The maximum Gasteiger partial charge on any atom is 0.230 e. The summed E-state index contributed by atoms with van der Waals surface area (Å²) < 4.78 is 5.56. The number of likely N-dealkylation sites (tertiary alicyclic amines) is 1. The predicted octanol–water partition coefficient (Wildman–Crippen LogP) is 4.42.